The third-order valence-electron chi connectivity index (χ3n) is 4.88. The Kier molecular flexibility index (Phi) is 2.71. The van der Waals surface area contributed by atoms with Crippen LogP contribution in [0.15, 0.2) is 0 Å². The molecule has 1 N–H and O–H groups in total. The summed E-state index contributed by atoms with van der Waals surface area (Å²) in [5.74, 6) is 0. The Morgan fingerprint density at radius 2 is 1.56 bits per heavy atom. The van der Waals surface area contributed by atoms with Gasteiger partial charge in [0.25, 0.3) is 0 Å². The summed E-state index contributed by atoms with van der Waals surface area (Å²) in [5, 5.41) is 3.44. The van der Waals surface area contributed by atoms with Crippen molar-refractivity contribution in [2.24, 2.45) is 5.41 Å². The lowest BCUT2D eigenvalue weighted by molar-refractivity contribution is 0.0561. The van der Waals surface area contributed by atoms with Crippen LogP contribution in [0.25, 0.3) is 0 Å². The summed E-state index contributed by atoms with van der Waals surface area (Å²) in [5.41, 5.74) is -0.187. The van der Waals surface area contributed by atoms with Crippen molar-refractivity contribution in [2.75, 3.05) is 32.7 Å². The van der Waals surface area contributed by atoms with Crippen LogP contribution >= 0.6 is 0 Å². The molecule has 3 aliphatic rings. The van der Waals surface area contributed by atoms with E-state index in [1.807, 2.05) is 0 Å². The zero-order valence-electron chi connectivity index (χ0n) is 10.1. The van der Waals surface area contributed by atoms with Crippen molar-refractivity contribution in [1.29, 1.82) is 0 Å². The molecule has 0 radical (unpaired) electrons. The van der Waals surface area contributed by atoms with Gasteiger partial charge < -0.3 is 10.2 Å². The van der Waals surface area contributed by atoms with Gasteiger partial charge in [-0.15, -0.1) is 0 Å². The molecule has 2 heterocycles. The Morgan fingerprint density at radius 3 is 2.12 bits per heavy atom. The van der Waals surface area contributed by atoms with Crippen molar-refractivity contribution in [1.82, 2.24) is 10.2 Å². The molecule has 1 aliphatic carbocycles. The van der Waals surface area contributed by atoms with Crippen LogP contribution in [-0.2, 0) is 0 Å². The molecule has 3 rings (SSSR count). The van der Waals surface area contributed by atoms with Crippen molar-refractivity contribution < 1.29 is 4.39 Å². The molecule has 0 aromatic carbocycles. The quantitative estimate of drug-likeness (QED) is 0.774. The second kappa shape index (κ2) is 3.95. The first kappa shape index (κ1) is 11.0. The summed E-state index contributed by atoms with van der Waals surface area (Å²) in [6.45, 7) is 5.35. The van der Waals surface area contributed by atoms with Crippen LogP contribution < -0.4 is 5.32 Å². The van der Waals surface area contributed by atoms with Crippen molar-refractivity contribution in [3.8, 4) is 0 Å². The number of alkyl halides is 1. The monoisotopic (exact) mass is 226 g/mol. The largest absolute Gasteiger partial charge is 0.317 e. The zero-order valence-corrected chi connectivity index (χ0v) is 10.1. The summed E-state index contributed by atoms with van der Waals surface area (Å²) >= 11 is 0. The highest BCUT2D eigenvalue weighted by atomic mass is 19.1. The normalized spacial score (nSPS) is 32.8. The van der Waals surface area contributed by atoms with Crippen LogP contribution in [0.3, 0.4) is 0 Å². The molecule has 3 fully saturated rings. The minimum atomic E-state index is -0.793. The van der Waals surface area contributed by atoms with Crippen LogP contribution in [0.2, 0.25) is 0 Å². The number of nitrogens with one attached hydrogen (secondary N) is 1. The van der Waals surface area contributed by atoms with Gasteiger partial charge in [-0.1, -0.05) is 0 Å². The molecule has 1 saturated carbocycles. The minimum Gasteiger partial charge on any atom is -0.317 e. The van der Waals surface area contributed by atoms with E-state index < -0.39 is 5.67 Å². The van der Waals surface area contributed by atoms with Crippen LogP contribution in [0.5, 0.6) is 0 Å². The van der Waals surface area contributed by atoms with E-state index in [4.69, 9.17) is 0 Å². The molecule has 0 unspecified atom stereocenters. The van der Waals surface area contributed by atoms with Crippen molar-refractivity contribution in [3.05, 3.63) is 0 Å². The Balaban J connectivity index is 1.51. The molecule has 1 spiro atoms. The molecule has 3 heteroatoms. The van der Waals surface area contributed by atoms with Gasteiger partial charge in [-0.2, -0.15) is 0 Å². The predicted octanol–water partition coefficient (Wildman–Crippen LogP) is 1.95. The van der Waals surface area contributed by atoms with E-state index in [0.29, 0.717) is 12.0 Å². The van der Waals surface area contributed by atoms with E-state index in [9.17, 15) is 4.39 Å². The lowest BCUT2D eigenvalue weighted by Gasteiger charge is -2.44. The first-order valence-electron chi connectivity index (χ1n) is 6.82. The molecular weight excluding hydrogens is 203 g/mol. The maximum Gasteiger partial charge on any atom is 0.123 e. The summed E-state index contributed by atoms with van der Waals surface area (Å²) in [6.07, 6.45) is 6.87. The molecule has 0 aromatic heterocycles. The van der Waals surface area contributed by atoms with Crippen molar-refractivity contribution in [3.63, 3.8) is 0 Å². The highest BCUT2D eigenvalue weighted by Crippen LogP contribution is 2.43. The van der Waals surface area contributed by atoms with E-state index in [-0.39, 0.29) is 0 Å². The Bertz CT molecular complexity index is 247. The minimum absolute atomic E-state index is 0.606. The first-order chi connectivity index (χ1) is 7.70. The topological polar surface area (TPSA) is 15.3 Å². The highest BCUT2D eigenvalue weighted by molar-refractivity contribution is 4.98. The first-order valence-corrected chi connectivity index (χ1v) is 6.82. The average Bonchev–Trinajstić information content (AvgIpc) is 3.02. The van der Waals surface area contributed by atoms with Gasteiger partial charge >= 0.3 is 0 Å². The zero-order chi connectivity index (χ0) is 11.1. The number of hydrogen-bond acceptors (Lipinski definition) is 2. The second-order valence-corrected chi connectivity index (χ2v) is 6.18. The van der Waals surface area contributed by atoms with Gasteiger partial charge in [-0.05, 0) is 70.1 Å². The van der Waals surface area contributed by atoms with Gasteiger partial charge in [0.15, 0.2) is 0 Å². The van der Waals surface area contributed by atoms with E-state index in [2.05, 4.69) is 10.2 Å². The lowest BCUT2D eigenvalue weighted by atomic mass is 9.71. The molecule has 0 bridgehead atoms. The van der Waals surface area contributed by atoms with Crippen molar-refractivity contribution >= 4 is 0 Å². The van der Waals surface area contributed by atoms with Gasteiger partial charge in [-0.3, -0.25) is 0 Å². The molecule has 0 atom stereocenters. The summed E-state index contributed by atoms with van der Waals surface area (Å²) in [7, 11) is 0. The Morgan fingerprint density at radius 1 is 0.938 bits per heavy atom. The number of likely N-dealkylation sites (tertiary alicyclic amines) is 1. The molecule has 0 amide bonds. The van der Waals surface area contributed by atoms with E-state index in [1.165, 1.54) is 38.8 Å². The standard InChI is InChI=1S/C13H23FN2/c14-13(1-2-13)11-16-9-5-12(6-10-16)3-7-15-8-4-12/h15H,1-11H2. The summed E-state index contributed by atoms with van der Waals surface area (Å²) in [6, 6.07) is 0. The van der Waals surface area contributed by atoms with Gasteiger partial charge in [0.05, 0.1) is 0 Å². The number of piperidine rings is 2. The maximum atomic E-state index is 13.7. The predicted molar refractivity (Wildman–Crippen MR) is 63.3 cm³/mol. The molecule has 92 valence electrons. The number of halogens is 1. The summed E-state index contributed by atoms with van der Waals surface area (Å²) in [4.78, 5) is 2.36. The molecule has 2 aliphatic heterocycles. The van der Waals surface area contributed by atoms with Crippen LogP contribution in [0, 0.1) is 5.41 Å². The Hall–Kier alpha value is -0.150. The molecule has 2 saturated heterocycles. The van der Waals surface area contributed by atoms with E-state index >= 15 is 0 Å². The number of nitrogens with zero attached hydrogens (tertiary/aromatic N) is 1. The third kappa shape index (κ3) is 2.25. The smallest absolute Gasteiger partial charge is 0.123 e. The lowest BCUT2D eigenvalue weighted by Crippen LogP contribution is -2.47. The van der Waals surface area contributed by atoms with E-state index in [0.717, 1.165) is 25.9 Å². The van der Waals surface area contributed by atoms with Crippen LogP contribution in [0.4, 0.5) is 4.39 Å². The SMILES string of the molecule is FC1(CN2CCC3(CCNCC3)CC2)CC1. The fourth-order valence-corrected chi connectivity index (χ4v) is 3.34. The van der Waals surface area contributed by atoms with E-state index in [1.54, 1.807) is 0 Å². The van der Waals surface area contributed by atoms with Gasteiger partial charge in [-0.25, -0.2) is 4.39 Å². The molecule has 2 nitrogen and oxygen atoms in total. The summed E-state index contributed by atoms with van der Waals surface area (Å²) < 4.78 is 13.7. The number of rotatable bonds is 2. The number of hydrogen-bond donors (Lipinski definition) is 1. The third-order valence-corrected chi connectivity index (χ3v) is 4.88. The van der Waals surface area contributed by atoms with Crippen LogP contribution in [-0.4, -0.2) is 43.3 Å². The Labute approximate surface area is 97.6 Å². The fourth-order valence-electron chi connectivity index (χ4n) is 3.34. The maximum absolute atomic E-state index is 13.7. The van der Waals surface area contributed by atoms with Gasteiger partial charge in [0, 0.05) is 6.54 Å². The fraction of sp³-hybridized carbons (Fsp3) is 1.00. The van der Waals surface area contributed by atoms with Crippen molar-refractivity contribution in [2.45, 2.75) is 44.2 Å². The molecule has 16 heavy (non-hydrogen) atoms. The average molecular weight is 226 g/mol. The van der Waals surface area contributed by atoms with Gasteiger partial charge in [0.1, 0.15) is 5.67 Å². The molecule has 0 aromatic rings. The highest BCUT2D eigenvalue weighted by Gasteiger charge is 2.45. The molecular formula is C13H23FN2. The second-order valence-electron chi connectivity index (χ2n) is 6.18. The van der Waals surface area contributed by atoms with Gasteiger partial charge in [0.2, 0.25) is 0 Å². The van der Waals surface area contributed by atoms with Crippen LogP contribution in [0.1, 0.15) is 38.5 Å².